The van der Waals surface area contributed by atoms with Crippen molar-refractivity contribution in [3.8, 4) is 0 Å². The molecule has 2 heterocycles. The van der Waals surface area contributed by atoms with Crippen LogP contribution < -0.4 is 5.43 Å². The molecular formula is C21H20N8. The van der Waals surface area contributed by atoms with Crippen LogP contribution in [0.25, 0.3) is 0 Å². The van der Waals surface area contributed by atoms with Crippen LogP contribution in [0.4, 0.5) is 5.95 Å². The molecule has 1 aliphatic rings. The number of fused-ring (bicyclic) bond motifs is 3. The zero-order valence-corrected chi connectivity index (χ0v) is 16.0. The number of aliphatic imine (C=N–C) groups is 2. The van der Waals surface area contributed by atoms with Gasteiger partial charge in [0.1, 0.15) is 0 Å². The molecule has 8 heteroatoms. The molecule has 1 aliphatic heterocycles. The molecule has 0 radical (unpaired) electrons. The molecular weight excluding hydrogens is 364 g/mol. The van der Waals surface area contributed by atoms with E-state index in [9.17, 15) is 0 Å². The number of aromatic nitrogens is 3. The van der Waals surface area contributed by atoms with Crippen LogP contribution in [0, 0.1) is 6.92 Å². The van der Waals surface area contributed by atoms with Crippen molar-refractivity contribution in [1.82, 2.24) is 14.9 Å². The standard InChI is InChI=1S/C21H20N8/c1-16-26-28-21-27-24-14-19-8-4-2-6-17(19)12-22-10-11-23-13-18-7-3-5-9-20(18)15-25-29(16)21/h2-9,12-15H,10-11H2,1H3,(H,27,28)/b22-12?,23-13?,24-14+,25-15+. The van der Waals surface area contributed by atoms with Gasteiger partial charge in [0, 0.05) is 34.7 Å². The minimum absolute atomic E-state index is 0.427. The Morgan fingerprint density at radius 3 is 1.90 bits per heavy atom. The molecule has 29 heavy (non-hydrogen) atoms. The second-order valence-electron chi connectivity index (χ2n) is 6.33. The number of hydrazone groups is 1. The zero-order chi connectivity index (χ0) is 19.9. The van der Waals surface area contributed by atoms with Crippen LogP contribution in [0.2, 0.25) is 0 Å². The van der Waals surface area contributed by atoms with Gasteiger partial charge in [-0.3, -0.25) is 9.98 Å². The maximum absolute atomic E-state index is 4.52. The SMILES string of the molecule is Cc1nnc2n1/N=C/c1ccccc1C=NCCN=Cc1ccccc1/C=N/N2. The number of benzene rings is 2. The lowest BCUT2D eigenvalue weighted by Gasteiger charge is -2.03. The van der Waals surface area contributed by atoms with Crippen molar-refractivity contribution in [2.45, 2.75) is 6.92 Å². The molecule has 0 amide bonds. The second kappa shape index (κ2) is 8.83. The van der Waals surface area contributed by atoms with Crippen molar-refractivity contribution in [2.24, 2.45) is 20.2 Å². The monoisotopic (exact) mass is 384 g/mol. The Kier molecular flexibility index (Phi) is 5.61. The summed E-state index contributed by atoms with van der Waals surface area (Å²) in [6.45, 7) is 3.05. The summed E-state index contributed by atoms with van der Waals surface area (Å²) < 4.78 is 1.61. The first kappa shape index (κ1) is 18.4. The highest BCUT2D eigenvalue weighted by Gasteiger charge is 2.07. The summed E-state index contributed by atoms with van der Waals surface area (Å²) >= 11 is 0. The molecule has 2 aromatic carbocycles. The van der Waals surface area contributed by atoms with Gasteiger partial charge in [-0.1, -0.05) is 48.5 Å². The first-order valence-electron chi connectivity index (χ1n) is 9.24. The van der Waals surface area contributed by atoms with Gasteiger partial charge in [-0.2, -0.15) is 14.9 Å². The summed E-state index contributed by atoms with van der Waals surface area (Å²) in [5, 5.41) is 17.0. The van der Waals surface area contributed by atoms with Gasteiger partial charge in [-0.05, 0) is 6.92 Å². The molecule has 8 nitrogen and oxygen atoms in total. The molecule has 0 saturated heterocycles. The van der Waals surface area contributed by atoms with Gasteiger partial charge in [0.25, 0.3) is 5.95 Å². The van der Waals surface area contributed by atoms with Gasteiger partial charge in [0.15, 0.2) is 5.82 Å². The summed E-state index contributed by atoms with van der Waals surface area (Å²) in [6.07, 6.45) is 7.19. The van der Waals surface area contributed by atoms with Crippen LogP contribution in [0.3, 0.4) is 0 Å². The van der Waals surface area contributed by atoms with Gasteiger partial charge in [-0.25, -0.2) is 5.43 Å². The van der Waals surface area contributed by atoms with Gasteiger partial charge in [-0.15, -0.1) is 10.2 Å². The quantitative estimate of drug-likeness (QED) is 0.646. The summed E-state index contributed by atoms with van der Waals surface area (Å²) in [5.74, 6) is 1.08. The molecule has 1 N–H and O–H groups in total. The third-order valence-electron chi connectivity index (χ3n) is 4.29. The van der Waals surface area contributed by atoms with Gasteiger partial charge < -0.3 is 0 Å². The number of aryl methyl sites for hydroxylation is 1. The minimum atomic E-state index is 0.427. The Morgan fingerprint density at radius 2 is 1.28 bits per heavy atom. The van der Waals surface area contributed by atoms with Crippen LogP contribution in [0.1, 0.15) is 28.1 Å². The average Bonchev–Trinajstić information content (AvgIpc) is 3.09. The van der Waals surface area contributed by atoms with Gasteiger partial charge >= 0.3 is 0 Å². The Hall–Kier alpha value is -3.94. The number of nitrogens with zero attached hydrogens (tertiary/aromatic N) is 7. The minimum Gasteiger partial charge on any atom is -0.291 e. The fourth-order valence-electron chi connectivity index (χ4n) is 2.78. The predicted molar refractivity (Wildman–Crippen MR) is 117 cm³/mol. The lowest BCUT2D eigenvalue weighted by atomic mass is 10.1. The van der Waals surface area contributed by atoms with E-state index < -0.39 is 0 Å². The van der Waals surface area contributed by atoms with Crippen LogP contribution in [-0.4, -0.2) is 52.8 Å². The van der Waals surface area contributed by atoms with E-state index in [1.807, 2.05) is 67.9 Å². The molecule has 144 valence electrons. The topological polar surface area (TPSA) is 92.2 Å². The molecule has 4 rings (SSSR count). The number of rotatable bonds is 0. The van der Waals surface area contributed by atoms with Gasteiger partial charge in [0.05, 0.1) is 25.5 Å². The van der Waals surface area contributed by atoms with E-state index >= 15 is 0 Å². The Morgan fingerprint density at radius 1 is 0.724 bits per heavy atom. The molecule has 0 aliphatic carbocycles. The normalized spacial score (nSPS) is 16.0. The van der Waals surface area contributed by atoms with Crippen molar-refractivity contribution >= 4 is 30.8 Å². The molecule has 0 atom stereocenters. The van der Waals surface area contributed by atoms with Crippen molar-refractivity contribution < 1.29 is 0 Å². The number of hydrogen-bond acceptors (Lipinski definition) is 7. The number of anilines is 1. The van der Waals surface area contributed by atoms with Crippen molar-refractivity contribution in [1.29, 1.82) is 0 Å². The predicted octanol–water partition coefficient (Wildman–Crippen LogP) is 2.77. The summed E-state index contributed by atoms with van der Waals surface area (Å²) in [4.78, 5) is 8.98. The van der Waals surface area contributed by atoms with Crippen LogP contribution in [-0.2, 0) is 0 Å². The van der Waals surface area contributed by atoms with Crippen LogP contribution in [0.15, 0.2) is 68.7 Å². The molecule has 3 aromatic rings. The van der Waals surface area contributed by atoms with E-state index in [1.165, 1.54) is 0 Å². The number of hydrogen-bond donors (Lipinski definition) is 1. The number of nitrogens with one attached hydrogen (secondary N) is 1. The fraction of sp³-hybridized carbons (Fsp3) is 0.143. The van der Waals surface area contributed by atoms with E-state index in [4.69, 9.17) is 0 Å². The summed E-state index contributed by atoms with van der Waals surface area (Å²) in [7, 11) is 0. The summed E-state index contributed by atoms with van der Waals surface area (Å²) in [5.41, 5.74) is 6.76. The molecule has 0 saturated carbocycles. The molecule has 0 bridgehead atoms. The van der Waals surface area contributed by atoms with E-state index in [1.54, 1.807) is 17.1 Å². The zero-order valence-electron chi connectivity index (χ0n) is 16.0. The molecule has 0 unspecified atom stereocenters. The Bertz CT molecular complexity index is 1110. The van der Waals surface area contributed by atoms with E-state index in [-0.39, 0.29) is 0 Å². The lowest BCUT2D eigenvalue weighted by Crippen LogP contribution is -2.02. The fourth-order valence-corrected chi connectivity index (χ4v) is 2.78. The second-order valence-corrected chi connectivity index (χ2v) is 6.33. The first-order chi connectivity index (χ1) is 14.3. The van der Waals surface area contributed by atoms with Gasteiger partial charge in [0.2, 0.25) is 0 Å². The van der Waals surface area contributed by atoms with Crippen molar-refractivity contribution in [3.63, 3.8) is 0 Å². The van der Waals surface area contributed by atoms with E-state index in [0.717, 1.165) is 22.3 Å². The smallest absolute Gasteiger partial charge is 0.266 e. The highest BCUT2D eigenvalue weighted by Crippen LogP contribution is 2.10. The Balaban J connectivity index is 1.73. The van der Waals surface area contributed by atoms with E-state index in [0.29, 0.717) is 24.9 Å². The first-order valence-corrected chi connectivity index (χ1v) is 9.24. The largest absolute Gasteiger partial charge is 0.291 e. The summed E-state index contributed by atoms with van der Waals surface area (Å²) in [6, 6.07) is 15.8. The van der Waals surface area contributed by atoms with Crippen molar-refractivity contribution in [3.05, 3.63) is 76.6 Å². The lowest BCUT2D eigenvalue weighted by molar-refractivity contribution is 0.834. The molecule has 0 spiro atoms. The maximum Gasteiger partial charge on any atom is 0.266 e. The Labute approximate surface area is 168 Å². The third-order valence-corrected chi connectivity index (χ3v) is 4.29. The average molecular weight is 384 g/mol. The molecule has 1 aromatic heterocycles. The highest BCUT2D eigenvalue weighted by molar-refractivity contribution is 5.95. The third kappa shape index (κ3) is 4.49. The van der Waals surface area contributed by atoms with Crippen molar-refractivity contribution in [2.75, 3.05) is 18.5 Å². The van der Waals surface area contributed by atoms with Crippen LogP contribution in [0.5, 0.6) is 0 Å². The highest BCUT2D eigenvalue weighted by atomic mass is 15.5. The van der Waals surface area contributed by atoms with E-state index in [2.05, 4.69) is 35.8 Å². The maximum atomic E-state index is 4.52. The van der Waals surface area contributed by atoms with Crippen LogP contribution >= 0.6 is 0 Å². The molecule has 0 fully saturated rings.